The molecule has 3 N–H and O–H groups in total. The van der Waals surface area contributed by atoms with Crippen LogP contribution in [-0.4, -0.2) is 111 Å². The number of para-hydroxylation sites is 3. The zero-order valence-corrected chi connectivity index (χ0v) is 51.2. The Labute approximate surface area is 486 Å². The van der Waals surface area contributed by atoms with E-state index in [1.807, 2.05) is 142 Å². The fourth-order valence-electron chi connectivity index (χ4n) is 10.8. The molecule has 81 heavy (non-hydrogen) atoms. The SMILES string of the molecule is COCCCCCNC1c2ccccc2N(C)S(=O)(=O)c2cc(C)ccc21.CSCCCNC1c2ccccc2N(C)S(=O)(=O)c2cc(C)ccc21.Cc1ccc2c(c1)S(=O)(=O)N(C)c1ccccc1C2NCCCC1OCCCO1. The zero-order valence-electron chi connectivity index (χ0n) is 48.0. The molecule has 1 fully saturated rings. The maximum atomic E-state index is 13.3. The third-order valence-electron chi connectivity index (χ3n) is 15.2. The Morgan fingerprint density at radius 3 is 1.25 bits per heavy atom. The molecule has 4 heterocycles. The molecule has 0 bridgehead atoms. The molecule has 1 saturated heterocycles. The van der Waals surface area contributed by atoms with Gasteiger partial charge in [0.05, 0.1) is 63.1 Å². The smallest absolute Gasteiger partial charge is 0.264 e. The van der Waals surface area contributed by atoms with Gasteiger partial charge in [-0.2, -0.15) is 11.8 Å². The van der Waals surface area contributed by atoms with Crippen LogP contribution in [0.15, 0.2) is 142 Å². The minimum atomic E-state index is -3.62. The largest absolute Gasteiger partial charge is 0.385 e. The van der Waals surface area contributed by atoms with E-state index in [1.54, 1.807) is 46.5 Å². The van der Waals surface area contributed by atoms with Crippen LogP contribution in [0.25, 0.3) is 0 Å². The number of unbranched alkanes of at least 4 members (excludes halogenated alkanes) is 2. The predicted octanol–water partition coefficient (Wildman–Crippen LogP) is 10.6. The second-order valence-corrected chi connectivity index (χ2v) is 27.7. The van der Waals surface area contributed by atoms with Crippen molar-refractivity contribution in [1.29, 1.82) is 0 Å². The molecule has 0 radical (unpaired) electrons. The molecule has 6 aromatic carbocycles. The van der Waals surface area contributed by atoms with Gasteiger partial charge in [-0.05, 0) is 184 Å². The average Bonchev–Trinajstić information content (AvgIpc) is 3.84. The van der Waals surface area contributed by atoms with Gasteiger partial charge < -0.3 is 30.2 Å². The monoisotopic (exact) mass is 1180 g/mol. The Kier molecular flexibility index (Phi) is 21.2. The van der Waals surface area contributed by atoms with Gasteiger partial charge in [-0.15, -0.1) is 0 Å². The fourth-order valence-corrected chi connectivity index (χ4v) is 15.9. The maximum Gasteiger partial charge on any atom is 0.264 e. The van der Waals surface area contributed by atoms with Crippen LogP contribution in [0.2, 0.25) is 0 Å². The molecule has 0 amide bonds. The number of methoxy groups -OCH3 is 1. The molecule has 3 atom stereocenters. The first-order valence-electron chi connectivity index (χ1n) is 27.9. The molecule has 15 nitrogen and oxygen atoms in total. The number of rotatable bonds is 17. The van der Waals surface area contributed by atoms with Crippen molar-refractivity contribution in [2.24, 2.45) is 0 Å². The molecular weight excluding hydrogens is 1100 g/mol. The number of fused-ring (bicyclic) bond motifs is 6. The number of nitrogens with zero attached hydrogens (tertiary/aromatic N) is 3. The Bertz CT molecular complexity index is 3450. The number of hydrogen-bond donors (Lipinski definition) is 3. The second-order valence-electron chi connectivity index (χ2n) is 20.9. The van der Waals surface area contributed by atoms with Crippen LogP contribution in [0, 0.1) is 20.8 Å². The minimum absolute atomic E-state index is 0.131. The van der Waals surface area contributed by atoms with E-state index in [1.165, 1.54) is 12.9 Å². The lowest BCUT2D eigenvalue weighted by molar-refractivity contribution is -0.181. The summed E-state index contributed by atoms with van der Waals surface area (Å²) in [6.45, 7) is 10.4. The van der Waals surface area contributed by atoms with Crippen LogP contribution >= 0.6 is 11.8 Å². The van der Waals surface area contributed by atoms with E-state index < -0.39 is 30.1 Å². The quantitative estimate of drug-likeness (QED) is 0.0737. The molecule has 0 aromatic heterocycles. The van der Waals surface area contributed by atoms with E-state index in [2.05, 4.69) is 22.2 Å². The summed E-state index contributed by atoms with van der Waals surface area (Å²) in [5.74, 6) is 1.08. The van der Waals surface area contributed by atoms with Crippen molar-refractivity contribution in [2.45, 2.75) is 105 Å². The molecule has 0 spiro atoms. The summed E-state index contributed by atoms with van der Waals surface area (Å²) in [6, 6.07) is 39.8. The average molecular weight is 1180 g/mol. The van der Waals surface area contributed by atoms with Crippen LogP contribution in [0.5, 0.6) is 0 Å². The Balaban J connectivity index is 0.000000160. The highest BCUT2D eigenvalue weighted by Crippen LogP contribution is 2.43. The number of ether oxygens (including phenoxy) is 3. The van der Waals surface area contributed by atoms with Crippen LogP contribution < -0.4 is 28.9 Å². The van der Waals surface area contributed by atoms with Gasteiger partial charge in [0.25, 0.3) is 30.1 Å². The van der Waals surface area contributed by atoms with E-state index in [4.69, 9.17) is 14.2 Å². The van der Waals surface area contributed by atoms with Gasteiger partial charge in [0, 0.05) is 34.9 Å². The number of hydrogen-bond acceptors (Lipinski definition) is 13. The van der Waals surface area contributed by atoms with Crippen molar-refractivity contribution in [3.05, 3.63) is 177 Å². The predicted molar refractivity (Wildman–Crippen MR) is 327 cm³/mol. The first-order chi connectivity index (χ1) is 38.9. The molecule has 0 saturated carbocycles. The number of thioether (sulfide) groups is 1. The second kappa shape index (κ2) is 27.8. The topological polar surface area (TPSA) is 176 Å². The van der Waals surface area contributed by atoms with Gasteiger partial charge in [-0.1, -0.05) is 91.0 Å². The first-order valence-corrected chi connectivity index (χ1v) is 33.6. The van der Waals surface area contributed by atoms with Crippen molar-refractivity contribution in [3.8, 4) is 0 Å². The molecule has 436 valence electrons. The lowest BCUT2D eigenvalue weighted by Crippen LogP contribution is -2.28. The molecule has 10 rings (SSSR count). The van der Waals surface area contributed by atoms with Crippen molar-refractivity contribution in [2.75, 3.05) is 92.6 Å². The van der Waals surface area contributed by atoms with Gasteiger partial charge >= 0.3 is 0 Å². The Hall–Kier alpha value is -5.32. The summed E-state index contributed by atoms with van der Waals surface area (Å²) >= 11 is 1.82. The summed E-state index contributed by atoms with van der Waals surface area (Å²) in [4.78, 5) is 1.15. The standard InChI is InChI=1S/C22H28N2O4S.C21H28N2O3S.C19H24N2O2S2/c1-16-10-11-18-20(15-16)29(25,26)24(2)19-8-4-3-7-17(19)22(18)23-12-5-9-21-27-13-6-14-28-21;1-16-11-12-18-20(15-16)27(24,25)23(2)19-10-6-5-9-17(19)21(18)22-13-7-4-8-14-26-3;1-14-9-10-16-18(13-14)25(22,23)21(2)17-8-5-4-7-15(17)19(16)20-11-6-12-24-3/h3-4,7-8,10-11,15,21-23H,5-6,9,12-14H2,1-2H3;5-6,9-12,15,21-22H,4,7-8,13-14H2,1-3H3;4-5,7-10,13,19-20H,6,11-12H2,1-3H3. The zero-order chi connectivity index (χ0) is 57.9. The fraction of sp³-hybridized carbons (Fsp3) is 0.419. The highest BCUT2D eigenvalue weighted by atomic mass is 32.2. The van der Waals surface area contributed by atoms with Crippen LogP contribution in [0.3, 0.4) is 0 Å². The van der Waals surface area contributed by atoms with E-state index in [-0.39, 0.29) is 24.4 Å². The minimum Gasteiger partial charge on any atom is -0.385 e. The Morgan fingerprint density at radius 1 is 0.494 bits per heavy atom. The first kappa shape index (κ1) is 61.7. The summed E-state index contributed by atoms with van der Waals surface area (Å²) in [5, 5.41) is 10.8. The lowest BCUT2D eigenvalue weighted by Gasteiger charge is -2.24. The van der Waals surface area contributed by atoms with E-state index in [0.29, 0.717) is 20.4 Å². The lowest BCUT2D eigenvalue weighted by atomic mass is 9.96. The highest BCUT2D eigenvalue weighted by molar-refractivity contribution is 7.98. The van der Waals surface area contributed by atoms with Crippen LogP contribution in [0.1, 0.15) is 113 Å². The molecule has 19 heteroatoms. The molecule has 3 unspecified atom stereocenters. The van der Waals surface area contributed by atoms with Crippen molar-refractivity contribution < 1.29 is 39.5 Å². The number of sulfonamides is 3. The van der Waals surface area contributed by atoms with Crippen LogP contribution in [-0.2, 0) is 44.3 Å². The van der Waals surface area contributed by atoms with E-state index in [0.717, 1.165) is 152 Å². The third kappa shape index (κ3) is 14.0. The maximum absolute atomic E-state index is 13.3. The Morgan fingerprint density at radius 2 is 0.864 bits per heavy atom. The molecule has 6 aromatic rings. The van der Waals surface area contributed by atoms with Crippen molar-refractivity contribution in [3.63, 3.8) is 0 Å². The molecule has 4 aliphatic heterocycles. The van der Waals surface area contributed by atoms with Gasteiger partial charge in [-0.25, -0.2) is 25.3 Å². The van der Waals surface area contributed by atoms with E-state index >= 15 is 0 Å². The highest BCUT2D eigenvalue weighted by Gasteiger charge is 2.38. The van der Waals surface area contributed by atoms with Gasteiger partial charge in [0.2, 0.25) is 0 Å². The number of aryl methyl sites for hydroxylation is 3. The molecule has 0 aliphatic carbocycles. The summed E-state index contributed by atoms with van der Waals surface area (Å²) in [5.41, 5.74) is 10.4. The van der Waals surface area contributed by atoms with Gasteiger partial charge in [0.1, 0.15) is 0 Å². The number of nitrogens with one attached hydrogen (secondary N) is 3. The van der Waals surface area contributed by atoms with Gasteiger partial charge in [-0.3, -0.25) is 12.9 Å². The third-order valence-corrected chi connectivity index (χ3v) is 21.4. The normalized spacial score (nSPS) is 19.3. The summed E-state index contributed by atoms with van der Waals surface area (Å²) < 4.78 is 99.9. The number of benzene rings is 6. The molecular formula is C62H80N6O9S4. The summed E-state index contributed by atoms with van der Waals surface area (Å²) in [7, 11) is -4.17. The van der Waals surface area contributed by atoms with E-state index in [9.17, 15) is 25.3 Å². The van der Waals surface area contributed by atoms with Crippen LogP contribution in [0.4, 0.5) is 17.1 Å². The van der Waals surface area contributed by atoms with Crippen molar-refractivity contribution >= 4 is 58.9 Å². The molecule has 4 aliphatic rings. The summed E-state index contributed by atoms with van der Waals surface area (Å²) in [6.07, 6.45) is 8.80. The van der Waals surface area contributed by atoms with Gasteiger partial charge in [0.15, 0.2) is 6.29 Å². The number of anilines is 3. The van der Waals surface area contributed by atoms with Crippen molar-refractivity contribution in [1.82, 2.24) is 16.0 Å².